The summed E-state index contributed by atoms with van der Waals surface area (Å²) < 4.78 is 11.9. The van der Waals surface area contributed by atoms with Gasteiger partial charge in [0.15, 0.2) is 0 Å². The number of fused-ring (bicyclic) bond motifs is 1. The van der Waals surface area contributed by atoms with Crippen LogP contribution < -0.4 is 15.0 Å². The van der Waals surface area contributed by atoms with Gasteiger partial charge in [0.25, 0.3) is 5.71 Å². The Morgan fingerprint density at radius 1 is 0.833 bits per heavy atom. The standard InChI is InChI=1S/C29H27N5O2/c1-3-9-21(10-4-1)19-25-31-28(34-17-8-15-30-16-18-34)26-27(33-36-29(26)32-25)22-11-7-14-24(20-22)35-23-12-5-2-6-13-23/h1-7,9-14,20,30H,8,15-19H2. The fourth-order valence-electron chi connectivity index (χ4n) is 4.55. The van der Waals surface area contributed by atoms with Crippen molar-refractivity contribution in [3.63, 3.8) is 0 Å². The summed E-state index contributed by atoms with van der Waals surface area (Å²) in [6.07, 6.45) is 1.67. The van der Waals surface area contributed by atoms with Crippen LogP contribution in [-0.4, -0.2) is 41.3 Å². The van der Waals surface area contributed by atoms with Crippen LogP contribution in [0.25, 0.3) is 22.4 Å². The van der Waals surface area contributed by atoms with Gasteiger partial charge in [-0.15, -0.1) is 0 Å². The molecule has 1 fully saturated rings. The Morgan fingerprint density at radius 2 is 1.64 bits per heavy atom. The van der Waals surface area contributed by atoms with Gasteiger partial charge in [-0.3, -0.25) is 0 Å². The first-order valence-corrected chi connectivity index (χ1v) is 12.3. The van der Waals surface area contributed by atoms with Gasteiger partial charge < -0.3 is 19.5 Å². The third kappa shape index (κ3) is 4.78. The highest BCUT2D eigenvalue weighted by Gasteiger charge is 2.23. The Morgan fingerprint density at radius 3 is 2.50 bits per heavy atom. The van der Waals surface area contributed by atoms with Crippen LogP contribution in [0.5, 0.6) is 11.5 Å². The van der Waals surface area contributed by atoms with Crippen molar-refractivity contribution < 1.29 is 9.26 Å². The molecule has 0 atom stereocenters. The van der Waals surface area contributed by atoms with Crippen LogP contribution in [0.1, 0.15) is 17.8 Å². The number of nitrogens with one attached hydrogen (secondary N) is 1. The van der Waals surface area contributed by atoms with Gasteiger partial charge in [0, 0.05) is 31.6 Å². The highest BCUT2D eigenvalue weighted by atomic mass is 16.5. The normalized spacial score (nSPS) is 14.1. The molecular formula is C29H27N5O2. The lowest BCUT2D eigenvalue weighted by Gasteiger charge is -2.22. The Kier molecular flexibility index (Phi) is 6.29. The van der Waals surface area contributed by atoms with Gasteiger partial charge in [-0.25, -0.2) is 4.98 Å². The van der Waals surface area contributed by atoms with Crippen LogP contribution in [-0.2, 0) is 6.42 Å². The zero-order valence-corrected chi connectivity index (χ0v) is 19.9. The molecule has 1 aliphatic heterocycles. The van der Waals surface area contributed by atoms with Crippen molar-refractivity contribution in [3.8, 4) is 22.8 Å². The van der Waals surface area contributed by atoms with Crippen molar-refractivity contribution in [2.45, 2.75) is 12.8 Å². The van der Waals surface area contributed by atoms with Crippen molar-refractivity contribution >= 4 is 16.9 Å². The van der Waals surface area contributed by atoms with Crippen LogP contribution in [0.3, 0.4) is 0 Å². The Labute approximate surface area is 209 Å². The number of benzene rings is 3. The summed E-state index contributed by atoms with van der Waals surface area (Å²) in [7, 11) is 0. The fourth-order valence-corrected chi connectivity index (χ4v) is 4.55. The number of aromatic nitrogens is 3. The number of nitrogens with zero attached hydrogens (tertiary/aromatic N) is 4. The van der Waals surface area contributed by atoms with E-state index in [1.54, 1.807) is 0 Å². The smallest absolute Gasteiger partial charge is 0.263 e. The molecule has 0 bridgehead atoms. The molecule has 3 aromatic carbocycles. The molecule has 1 N–H and O–H groups in total. The zero-order valence-electron chi connectivity index (χ0n) is 19.9. The van der Waals surface area contributed by atoms with Crippen molar-refractivity contribution in [1.29, 1.82) is 0 Å². The lowest BCUT2D eigenvalue weighted by Crippen LogP contribution is -2.29. The summed E-state index contributed by atoms with van der Waals surface area (Å²) in [5.74, 6) is 3.12. The van der Waals surface area contributed by atoms with Crippen molar-refractivity contribution in [1.82, 2.24) is 20.4 Å². The maximum absolute atomic E-state index is 6.07. The molecule has 5 aromatic rings. The van der Waals surface area contributed by atoms with Crippen LogP contribution in [0.4, 0.5) is 5.82 Å². The Bertz CT molecular complexity index is 1450. The molecular weight excluding hydrogens is 450 g/mol. The predicted octanol–water partition coefficient (Wildman–Crippen LogP) is 5.47. The molecule has 2 aromatic heterocycles. The van der Waals surface area contributed by atoms with E-state index in [0.717, 1.165) is 77.9 Å². The van der Waals surface area contributed by atoms with Gasteiger partial charge in [0.1, 0.15) is 34.2 Å². The number of hydrogen-bond acceptors (Lipinski definition) is 7. The van der Waals surface area contributed by atoms with Crippen LogP contribution >= 0.6 is 0 Å². The van der Waals surface area contributed by atoms with E-state index in [4.69, 9.17) is 19.2 Å². The zero-order chi connectivity index (χ0) is 24.2. The van der Waals surface area contributed by atoms with E-state index in [0.29, 0.717) is 12.1 Å². The summed E-state index contributed by atoms with van der Waals surface area (Å²) in [6, 6.07) is 27.9. The molecule has 7 nitrogen and oxygen atoms in total. The average Bonchev–Trinajstić information content (AvgIpc) is 3.15. The van der Waals surface area contributed by atoms with Gasteiger partial charge in [0.2, 0.25) is 0 Å². The SMILES string of the molecule is c1ccc(Cc2nc(N3CCCNCC3)c3c(-c4cccc(Oc5ccccc5)c4)noc3n2)cc1. The summed E-state index contributed by atoms with van der Waals surface area (Å²) in [4.78, 5) is 12.2. The van der Waals surface area contributed by atoms with E-state index in [9.17, 15) is 0 Å². The Hall–Kier alpha value is -4.23. The summed E-state index contributed by atoms with van der Waals surface area (Å²) >= 11 is 0. The minimum absolute atomic E-state index is 0.507. The van der Waals surface area contributed by atoms with Crippen LogP contribution in [0.2, 0.25) is 0 Å². The molecule has 6 rings (SSSR count). The quantitative estimate of drug-likeness (QED) is 0.348. The molecule has 3 heterocycles. The number of ether oxygens (including phenoxy) is 1. The third-order valence-electron chi connectivity index (χ3n) is 6.29. The van der Waals surface area contributed by atoms with E-state index in [-0.39, 0.29) is 0 Å². The van der Waals surface area contributed by atoms with Gasteiger partial charge in [-0.1, -0.05) is 65.8 Å². The first-order chi connectivity index (χ1) is 17.8. The number of anilines is 1. The van der Waals surface area contributed by atoms with Crippen molar-refractivity contribution in [2.24, 2.45) is 0 Å². The largest absolute Gasteiger partial charge is 0.457 e. The molecule has 0 saturated carbocycles. The second-order valence-electron chi connectivity index (χ2n) is 8.87. The molecule has 0 radical (unpaired) electrons. The minimum atomic E-state index is 0.507. The van der Waals surface area contributed by atoms with Crippen LogP contribution in [0, 0.1) is 0 Å². The van der Waals surface area contributed by atoms with E-state index < -0.39 is 0 Å². The molecule has 7 heteroatoms. The lowest BCUT2D eigenvalue weighted by molar-refractivity contribution is 0.450. The third-order valence-corrected chi connectivity index (χ3v) is 6.29. The number of para-hydroxylation sites is 1. The van der Waals surface area contributed by atoms with Gasteiger partial charge in [-0.05, 0) is 42.8 Å². The topological polar surface area (TPSA) is 76.3 Å². The molecule has 0 aliphatic carbocycles. The molecule has 0 unspecified atom stereocenters. The maximum Gasteiger partial charge on any atom is 0.263 e. The van der Waals surface area contributed by atoms with Crippen LogP contribution in [0.15, 0.2) is 89.5 Å². The van der Waals surface area contributed by atoms with Gasteiger partial charge >= 0.3 is 0 Å². The number of rotatable bonds is 6. The van der Waals surface area contributed by atoms with E-state index in [1.807, 2.05) is 72.8 Å². The average molecular weight is 478 g/mol. The van der Waals surface area contributed by atoms with Crippen molar-refractivity contribution in [3.05, 3.63) is 96.3 Å². The van der Waals surface area contributed by atoms with E-state index >= 15 is 0 Å². The molecule has 1 aliphatic rings. The van der Waals surface area contributed by atoms with Crippen molar-refractivity contribution in [2.75, 3.05) is 31.1 Å². The minimum Gasteiger partial charge on any atom is -0.457 e. The van der Waals surface area contributed by atoms with Gasteiger partial charge in [-0.2, -0.15) is 4.98 Å². The highest BCUT2D eigenvalue weighted by Crippen LogP contribution is 2.36. The maximum atomic E-state index is 6.07. The second kappa shape index (κ2) is 10.2. The molecule has 0 spiro atoms. The fraction of sp³-hybridized carbons (Fsp3) is 0.207. The molecule has 1 saturated heterocycles. The predicted molar refractivity (Wildman–Crippen MR) is 140 cm³/mol. The monoisotopic (exact) mass is 477 g/mol. The Balaban J connectivity index is 1.42. The molecule has 36 heavy (non-hydrogen) atoms. The molecule has 180 valence electrons. The highest BCUT2D eigenvalue weighted by molar-refractivity contribution is 5.98. The van der Waals surface area contributed by atoms with Gasteiger partial charge in [0.05, 0.1) is 0 Å². The number of hydrogen-bond donors (Lipinski definition) is 1. The first kappa shape index (κ1) is 22.2. The second-order valence-corrected chi connectivity index (χ2v) is 8.87. The lowest BCUT2D eigenvalue weighted by atomic mass is 10.1. The van der Waals surface area contributed by atoms with E-state index in [2.05, 4.69) is 27.5 Å². The first-order valence-electron chi connectivity index (χ1n) is 12.3. The van der Waals surface area contributed by atoms with E-state index in [1.165, 1.54) is 0 Å². The summed E-state index contributed by atoms with van der Waals surface area (Å²) in [5, 5.41) is 8.78. The summed E-state index contributed by atoms with van der Waals surface area (Å²) in [6.45, 7) is 3.67. The summed E-state index contributed by atoms with van der Waals surface area (Å²) in [5.41, 5.74) is 3.29. The molecule has 0 amide bonds.